The van der Waals surface area contributed by atoms with Gasteiger partial charge in [0.1, 0.15) is 6.61 Å². The lowest BCUT2D eigenvalue weighted by molar-refractivity contribution is -0.386. The highest BCUT2D eigenvalue weighted by atomic mass is 16.6. The summed E-state index contributed by atoms with van der Waals surface area (Å²) in [6.07, 6.45) is 1.81. The summed E-state index contributed by atoms with van der Waals surface area (Å²) in [4.78, 5) is 23.1. The molecule has 2 aromatic carbocycles. The van der Waals surface area contributed by atoms with Crippen LogP contribution in [0, 0.1) is 17.0 Å². The Balaban J connectivity index is 1.65. The van der Waals surface area contributed by atoms with E-state index in [9.17, 15) is 14.9 Å². The Bertz CT molecular complexity index is 1010. The van der Waals surface area contributed by atoms with E-state index in [1.54, 1.807) is 48.0 Å². The SMILES string of the molecule is Cc1ccc(OCc2cccc(C(=O)NCc3ccn(C)n3)c2)c([N+](=O)[O-])c1. The standard InChI is InChI=1S/C20H20N4O4/c1-14-6-7-19(18(10-14)24(26)27)28-13-15-4-3-5-16(11-15)20(25)21-12-17-8-9-23(2)22-17/h3-11H,12-13H2,1-2H3,(H,21,25). The van der Waals surface area contributed by atoms with Crippen molar-refractivity contribution in [2.75, 3.05) is 0 Å². The van der Waals surface area contributed by atoms with Crippen molar-refractivity contribution in [2.45, 2.75) is 20.1 Å². The van der Waals surface area contributed by atoms with Crippen LogP contribution in [0.2, 0.25) is 0 Å². The molecule has 3 aromatic rings. The molecule has 8 heteroatoms. The summed E-state index contributed by atoms with van der Waals surface area (Å²) in [5, 5.41) is 18.2. The maximum atomic E-state index is 12.4. The summed E-state index contributed by atoms with van der Waals surface area (Å²) in [5.74, 6) is -0.0329. The predicted molar refractivity (Wildman–Crippen MR) is 103 cm³/mol. The van der Waals surface area contributed by atoms with Gasteiger partial charge in [0.25, 0.3) is 5.91 Å². The molecular weight excluding hydrogens is 360 g/mol. The number of carbonyl (C=O) groups excluding carboxylic acids is 1. The molecule has 1 heterocycles. The van der Waals surface area contributed by atoms with E-state index in [1.165, 1.54) is 6.07 Å². The fourth-order valence-corrected chi connectivity index (χ4v) is 2.69. The van der Waals surface area contributed by atoms with Crippen LogP contribution in [0.5, 0.6) is 5.75 Å². The van der Waals surface area contributed by atoms with Crippen LogP contribution in [-0.2, 0) is 20.2 Å². The monoisotopic (exact) mass is 380 g/mol. The fourth-order valence-electron chi connectivity index (χ4n) is 2.69. The Kier molecular flexibility index (Phi) is 5.69. The molecule has 0 saturated heterocycles. The zero-order valence-corrected chi connectivity index (χ0v) is 15.6. The van der Waals surface area contributed by atoms with Gasteiger partial charge in [0, 0.05) is 24.9 Å². The molecule has 0 fully saturated rings. The second-order valence-electron chi connectivity index (χ2n) is 6.38. The van der Waals surface area contributed by atoms with E-state index in [0.717, 1.165) is 16.8 Å². The number of nitrogens with zero attached hydrogens (tertiary/aromatic N) is 3. The van der Waals surface area contributed by atoms with E-state index in [-0.39, 0.29) is 24.0 Å². The molecule has 0 bridgehead atoms. The van der Waals surface area contributed by atoms with Gasteiger partial charge in [0.2, 0.25) is 0 Å². The van der Waals surface area contributed by atoms with Crippen LogP contribution in [-0.4, -0.2) is 20.6 Å². The van der Waals surface area contributed by atoms with Crippen molar-refractivity contribution >= 4 is 11.6 Å². The predicted octanol–water partition coefficient (Wildman–Crippen LogP) is 3.15. The Morgan fingerprint density at radius 2 is 2.07 bits per heavy atom. The maximum absolute atomic E-state index is 12.4. The number of rotatable bonds is 7. The van der Waals surface area contributed by atoms with Crippen LogP contribution >= 0.6 is 0 Å². The van der Waals surface area contributed by atoms with Gasteiger partial charge >= 0.3 is 5.69 Å². The smallest absolute Gasteiger partial charge is 0.311 e. The lowest BCUT2D eigenvalue weighted by Gasteiger charge is -2.09. The average molecular weight is 380 g/mol. The number of nitro groups is 1. The largest absolute Gasteiger partial charge is 0.482 e. The molecule has 0 aliphatic carbocycles. The van der Waals surface area contributed by atoms with Gasteiger partial charge in [-0.15, -0.1) is 0 Å². The van der Waals surface area contributed by atoms with E-state index in [4.69, 9.17) is 4.74 Å². The maximum Gasteiger partial charge on any atom is 0.311 e. The van der Waals surface area contributed by atoms with Crippen LogP contribution in [0.3, 0.4) is 0 Å². The Morgan fingerprint density at radius 1 is 1.25 bits per heavy atom. The third-order valence-electron chi connectivity index (χ3n) is 4.09. The topological polar surface area (TPSA) is 99.3 Å². The number of nitro benzene ring substituents is 1. The lowest BCUT2D eigenvalue weighted by atomic mass is 10.1. The molecule has 0 spiro atoms. The second kappa shape index (κ2) is 8.34. The van der Waals surface area contributed by atoms with Crippen LogP contribution < -0.4 is 10.1 Å². The summed E-state index contributed by atoms with van der Waals surface area (Å²) in [7, 11) is 1.81. The van der Waals surface area contributed by atoms with Gasteiger partial charge in [0.05, 0.1) is 17.2 Å². The molecular formula is C20H20N4O4. The molecule has 0 aliphatic heterocycles. The van der Waals surface area contributed by atoms with Gasteiger partial charge in [-0.05, 0) is 42.3 Å². The minimum absolute atomic E-state index is 0.0794. The average Bonchev–Trinajstić information content (AvgIpc) is 3.10. The molecule has 1 amide bonds. The van der Waals surface area contributed by atoms with Crippen molar-refractivity contribution in [3.8, 4) is 5.75 Å². The van der Waals surface area contributed by atoms with E-state index in [1.807, 2.05) is 19.3 Å². The van der Waals surface area contributed by atoms with Gasteiger partial charge < -0.3 is 10.1 Å². The molecule has 0 aliphatic rings. The number of aromatic nitrogens is 2. The van der Waals surface area contributed by atoms with Crippen molar-refractivity contribution in [2.24, 2.45) is 7.05 Å². The third-order valence-corrected chi connectivity index (χ3v) is 4.09. The van der Waals surface area contributed by atoms with Crippen molar-refractivity contribution in [1.29, 1.82) is 0 Å². The first-order valence-corrected chi connectivity index (χ1v) is 8.66. The molecule has 1 N–H and O–H groups in total. The fraction of sp³-hybridized carbons (Fsp3) is 0.200. The van der Waals surface area contributed by atoms with Crippen LogP contribution in [0.4, 0.5) is 5.69 Å². The first kappa shape index (κ1) is 19.1. The molecule has 0 saturated carbocycles. The number of nitrogens with one attached hydrogen (secondary N) is 1. The van der Waals surface area contributed by atoms with E-state index in [0.29, 0.717) is 12.1 Å². The Labute approximate surface area is 161 Å². The molecule has 0 unspecified atom stereocenters. The van der Waals surface area contributed by atoms with Gasteiger partial charge in [-0.1, -0.05) is 18.2 Å². The van der Waals surface area contributed by atoms with E-state index >= 15 is 0 Å². The van der Waals surface area contributed by atoms with Crippen LogP contribution in [0.1, 0.15) is 27.2 Å². The summed E-state index contributed by atoms with van der Waals surface area (Å²) in [5.41, 5.74) is 2.69. The number of aryl methyl sites for hydroxylation is 2. The highest BCUT2D eigenvalue weighted by molar-refractivity contribution is 5.94. The normalized spacial score (nSPS) is 10.5. The van der Waals surface area contributed by atoms with Crippen molar-refractivity contribution < 1.29 is 14.5 Å². The number of benzene rings is 2. The summed E-state index contributed by atoms with van der Waals surface area (Å²) in [6.45, 7) is 2.23. The highest BCUT2D eigenvalue weighted by Gasteiger charge is 2.15. The van der Waals surface area contributed by atoms with Gasteiger partial charge in [-0.2, -0.15) is 5.10 Å². The molecule has 8 nitrogen and oxygen atoms in total. The van der Waals surface area contributed by atoms with Crippen LogP contribution in [0.15, 0.2) is 54.7 Å². The van der Waals surface area contributed by atoms with Gasteiger partial charge in [0.15, 0.2) is 5.75 Å². The molecule has 28 heavy (non-hydrogen) atoms. The summed E-state index contributed by atoms with van der Waals surface area (Å²) in [6, 6.07) is 13.6. The van der Waals surface area contributed by atoms with E-state index in [2.05, 4.69) is 10.4 Å². The number of hydrogen-bond donors (Lipinski definition) is 1. The summed E-state index contributed by atoms with van der Waals surface area (Å²) < 4.78 is 7.29. The number of ether oxygens (including phenoxy) is 1. The molecule has 1 aromatic heterocycles. The first-order chi connectivity index (χ1) is 13.4. The molecule has 3 rings (SSSR count). The van der Waals surface area contributed by atoms with Crippen molar-refractivity contribution in [3.63, 3.8) is 0 Å². The first-order valence-electron chi connectivity index (χ1n) is 8.66. The molecule has 0 radical (unpaired) electrons. The molecule has 0 atom stereocenters. The number of carbonyl (C=O) groups is 1. The quantitative estimate of drug-likeness (QED) is 0.501. The Morgan fingerprint density at radius 3 is 2.79 bits per heavy atom. The minimum atomic E-state index is -0.468. The van der Waals surface area contributed by atoms with E-state index < -0.39 is 4.92 Å². The number of hydrogen-bond acceptors (Lipinski definition) is 5. The summed E-state index contributed by atoms with van der Waals surface area (Å²) >= 11 is 0. The van der Waals surface area contributed by atoms with Crippen LogP contribution in [0.25, 0.3) is 0 Å². The van der Waals surface area contributed by atoms with Crippen molar-refractivity contribution in [1.82, 2.24) is 15.1 Å². The molecule has 144 valence electrons. The lowest BCUT2D eigenvalue weighted by Crippen LogP contribution is -2.23. The Hall–Kier alpha value is -3.68. The van der Waals surface area contributed by atoms with Crippen molar-refractivity contribution in [3.05, 3.63) is 87.2 Å². The zero-order chi connectivity index (χ0) is 20.1. The highest BCUT2D eigenvalue weighted by Crippen LogP contribution is 2.28. The minimum Gasteiger partial charge on any atom is -0.482 e. The second-order valence-corrected chi connectivity index (χ2v) is 6.38. The number of amides is 1. The zero-order valence-electron chi connectivity index (χ0n) is 15.6. The van der Waals surface area contributed by atoms with Gasteiger partial charge in [-0.3, -0.25) is 19.6 Å². The van der Waals surface area contributed by atoms with Gasteiger partial charge in [-0.25, -0.2) is 0 Å². The third kappa shape index (κ3) is 4.73.